The zero-order valence-corrected chi connectivity index (χ0v) is 12.4. The van der Waals surface area contributed by atoms with Gasteiger partial charge < -0.3 is 10.0 Å². The normalized spacial score (nSPS) is 21.6. The Bertz CT molecular complexity index is 578. The molecule has 1 saturated heterocycles. The Morgan fingerprint density at radius 2 is 2.05 bits per heavy atom. The topological polar surface area (TPSA) is 40.5 Å². The summed E-state index contributed by atoms with van der Waals surface area (Å²) in [4.78, 5) is 14.5. The Morgan fingerprint density at radius 1 is 1.38 bits per heavy atom. The highest BCUT2D eigenvalue weighted by Gasteiger charge is 2.27. The number of piperidine rings is 1. The van der Waals surface area contributed by atoms with Crippen LogP contribution < -0.4 is 0 Å². The number of benzene rings is 1. The maximum absolute atomic E-state index is 13.3. The molecule has 0 bridgehead atoms. The molecule has 1 amide bonds. The number of amides is 1. The summed E-state index contributed by atoms with van der Waals surface area (Å²) in [5.74, 6) is 5.51. The van der Waals surface area contributed by atoms with Crippen LogP contribution in [0, 0.1) is 29.5 Å². The summed E-state index contributed by atoms with van der Waals surface area (Å²) in [6.45, 7) is 5.38. The van der Waals surface area contributed by atoms with E-state index in [0.29, 0.717) is 36.1 Å². The second-order valence-electron chi connectivity index (χ2n) is 5.81. The average molecular weight is 289 g/mol. The van der Waals surface area contributed by atoms with E-state index in [1.807, 2.05) is 4.90 Å². The minimum Gasteiger partial charge on any atom is -0.384 e. The lowest BCUT2D eigenvalue weighted by Crippen LogP contribution is -2.42. The number of aliphatic hydroxyl groups excluding tert-OH is 1. The number of nitrogens with zero attached hydrogens (tertiary/aromatic N) is 1. The first kappa shape index (κ1) is 15.5. The van der Waals surface area contributed by atoms with E-state index in [1.165, 1.54) is 18.2 Å². The van der Waals surface area contributed by atoms with Crippen LogP contribution in [0.2, 0.25) is 0 Å². The summed E-state index contributed by atoms with van der Waals surface area (Å²) in [6.07, 6.45) is 1.12. The van der Waals surface area contributed by atoms with Crippen LogP contribution in [0.3, 0.4) is 0 Å². The molecule has 2 unspecified atom stereocenters. The van der Waals surface area contributed by atoms with Gasteiger partial charge in [-0.1, -0.05) is 25.7 Å². The van der Waals surface area contributed by atoms with Crippen molar-refractivity contribution in [1.82, 2.24) is 4.90 Å². The van der Waals surface area contributed by atoms with Gasteiger partial charge in [-0.25, -0.2) is 4.39 Å². The van der Waals surface area contributed by atoms with E-state index in [0.717, 1.165) is 6.42 Å². The molecule has 0 saturated carbocycles. The van der Waals surface area contributed by atoms with Crippen LogP contribution in [0.25, 0.3) is 0 Å². The predicted molar refractivity (Wildman–Crippen MR) is 79.2 cm³/mol. The van der Waals surface area contributed by atoms with Gasteiger partial charge in [-0.3, -0.25) is 4.79 Å². The third-order valence-electron chi connectivity index (χ3n) is 3.67. The van der Waals surface area contributed by atoms with Crippen LogP contribution >= 0.6 is 0 Å². The number of likely N-dealkylation sites (tertiary alicyclic amines) is 1. The molecule has 112 valence electrons. The molecule has 1 N–H and O–H groups in total. The number of carbonyl (C=O) groups excluding carboxylic acids is 1. The number of aliphatic hydroxyl groups is 1. The summed E-state index contributed by atoms with van der Waals surface area (Å²) in [7, 11) is 0. The molecule has 1 aromatic carbocycles. The Kier molecular flexibility index (Phi) is 4.98. The van der Waals surface area contributed by atoms with Gasteiger partial charge in [-0.2, -0.15) is 0 Å². The van der Waals surface area contributed by atoms with Crippen molar-refractivity contribution in [1.29, 1.82) is 0 Å². The molecular formula is C17H20FNO2. The standard InChI is InChI=1S/C17H20FNO2/c1-12-8-13(2)11-19(10-12)17(21)16-6-5-15(18)9-14(16)4-3-7-20/h5-6,9,12-13,20H,7-8,10-11H2,1-2H3. The number of halogens is 1. The minimum atomic E-state index is -0.436. The van der Waals surface area contributed by atoms with Crippen LogP contribution in [-0.2, 0) is 0 Å². The van der Waals surface area contributed by atoms with Crippen molar-refractivity contribution < 1.29 is 14.3 Å². The van der Waals surface area contributed by atoms with E-state index in [9.17, 15) is 9.18 Å². The first-order valence-corrected chi connectivity index (χ1v) is 7.19. The lowest BCUT2D eigenvalue weighted by Gasteiger charge is -2.35. The Morgan fingerprint density at radius 3 is 2.67 bits per heavy atom. The van der Waals surface area contributed by atoms with Gasteiger partial charge in [0, 0.05) is 18.7 Å². The summed E-state index contributed by atoms with van der Waals surface area (Å²) in [6, 6.07) is 3.99. The molecule has 1 heterocycles. The fourth-order valence-corrected chi connectivity index (χ4v) is 2.94. The highest BCUT2D eigenvalue weighted by atomic mass is 19.1. The Balaban J connectivity index is 2.30. The molecule has 2 atom stereocenters. The van der Waals surface area contributed by atoms with Gasteiger partial charge in [0.05, 0.1) is 5.56 Å². The van der Waals surface area contributed by atoms with Crippen LogP contribution in [0.4, 0.5) is 4.39 Å². The van der Waals surface area contributed by atoms with Crippen molar-refractivity contribution in [2.24, 2.45) is 11.8 Å². The summed E-state index contributed by atoms with van der Waals surface area (Å²) in [5, 5.41) is 8.78. The third kappa shape index (κ3) is 3.83. The zero-order valence-electron chi connectivity index (χ0n) is 12.4. The van der Waals surface area contributed by atoms with E-state index in [4.69, 9.17) is 5.11 Å². The molecule has 1 aliphatic heterocycles. The molecule has 0 radical (unpaired) electrons. The minimum absolute atomic E-state index is 0.115. The lowest BCUT2D eigenvalue weighted by atomic mass is 9.91. The smallest absolute Gasteiger partial charge is 0.255 e. The van der Waals surface area contributed by atoms with Crippen LogP contribution in [-0.4, -0.2) is 35.6 Å². The number of hydrogen-bond acceptors (Lipinski definition) is 2. The van der Waals surface area contributed by atoms with Crippen molar-refractivity contribution in [3.8, 4) is 11.8 Å². The summed E-state index contributed by atoms with van der Waals surface area (Å²) in [5.41, 5.74) is 0.735. The lowest BCUT2D eigenvalue weighted by molar-refractivity contribution is 0.0623. The van der Waals surface area contributed by atoms with Crippen molar-refractivity contribution in [2.75, 3.05) is 19.7 Å². The molecule has 1 aliphatic rings. The fraction of sp³-hybridized carbons (Fsp3) is 0.471. The number of hydrogen-bond donors (Lipinski definition) is 1. The molecule has 0 spiro atoms. The van der Waals surface area contributed by atoms with E-state index < -0.39 is 5.82 Å². The van der Waals surface area contributed by atoms with Gasteiger partial charge in [0.2, 0.25) is 0 Å². The van der Waals surface area contributed by atoms with Crippen LogP contribution in [0.5, 0.6) is 0 Å². The molecule has 0 aromatic heterocycles. The molecule has 1 fully saturated rings. The fourth-order valence-electron chi connectivity index (χ4n) is 2.94. The molecular weight excluding hydrogens is 269 g/mol. The van der Waals surface area contributed by atoms with Crippen molar-refractivity contribution in [3.05, 3.63) is 35.1 Å². The largest absolute Gasteiger partial charge is 0.384 e. The quantitative estimate of drug-likeness (QED) is 0.806. The van der Waals surface area contributed by atoms with Gasteiger partial charge in [0.15, 0.2) is 0 Å². The average Bonchev–Trinajstić information content (AvgIpc) is 2.43. The second kappa shape index (κ2) is 6.73. The molecule has 21 heavy (non-hydrogen) atoms. The highest BCUT2D eigenvalue weighted by Crippen LogP contribution is 2.23. The monoisotopic (exact) mass is 289 g/mol. The first-order chi connectivity index (χ1) is 10.0. The van der Waals surface area contributed by atoms with E-state index in [1.54, 1.807) is 0 Å². The van der Waals surface area contributed by atoms with E-state index in [2.05, 4.69) is 25.7 Å². The third-order valence-corrected chi connectivity index (χ3v) is 3.67. The van der Waals surface area contributed by atoms with Gasteiger partial charge in [-0.15, -0.1) is 0 Å². The van der Waals surface area contributed by atoms with Gasteiger partial charge in [0.25, 0.3) is 5.91 Å². The van der Waals surface area contributed by atoms with Crippen molar-refractivity contribution in [2.45, 2.75) is 20.3 Å². The van der Waals surface area contributed by atoms with Crippen LogP contribution in [0.1, 0.15) is 36.2 Å². The highest BCUT2D eigenvalue weighted by molar-refractivity contribution is 5.96. The first-order valence-electron chi connectivity index (χ1n) is 7.19. The molecule has 4 heteroatoms. The summed E-state index contributed by atoms with van der Waals surface area (Å²) < 4.78 is 13.3. The van der Waals surface area contributed by atoms with Crippen molar-refractivity contribution >= 4 is 5.91 Å². The molecule has 2 rings (SSSR count). The second-order valence-corrected chi connectivity index (χ2v) is 5.81. The zero-order chi connectivity index (χ0) is 15.4. The van der Waals surface area contributed by atoms with Crippen molar-refractivity contribution in [3.63, 3.8) is 0 Å². The maximum atomic E-state index is 13.3. The van der Waals surface area contributed by atoms with Gasteiger partial charge in [0.1, 0.15) is 12.4 Å². The van der Waals surface area contributed by atoms with Gasteiger partial charge >= 0.3 is 0 Å². The SMILES string of the molecule is CC1CC(C)CN(C(=O)c2ccc(F)cc2C#CCO)C1. The van der Waals surface area contributed by atoms with Gasteiger partial charge in [-0.05, 0) is 36.5 Å². The predicted octanol–water partition coefficient (Wildman–Crippen LogP) is 2.29. The molecule has 3 nitrogen and oxygen atoms in total. The van der Waals surface area contributed by atoms with E-state index >= 15 is 0 Å². The Labute approximate surface area is 124 Å². The maximum Gasteiger partial charge on any atom is 0.255 e. The number of carbonyl (C=O) groups is 1. The molecule has 0 aliphatic carbocycles. The van der Waals surface area contributed by atoms with Crippen LogP contribution in [0.15, 0.2) is 18.2 Å². The van der Waals surface area contributed by atoms with E-state index in [-0.39, 0.29) is 12.5 Å². The molecule has 1 aromatic rings. The summed E-state index contributed by atoms with van der Waals surface area (Å²) >= 11 is 0. The Hall–Kier alpha value is -1.86. The number of rotatable bonds is 1.